The third-order valence-electron chi connectivity index (χ3n) is 3.17. The fraction of sp³-hybridized carbons (Fsp3) is 0.385. The number of phenolic OH excluding ortho intramolecular Hbond substituents is 1. The van der Waals surface area contributed by atoms with Crippen LogP contribution >= 0.6 is 15.9 Å². The Morgan fingerprint density at radius 1 is 1.50 bits per heavy atom. The van der Waals surface area contributed by atoms with Crippen LogP contribution < -0.4 is 5.73 Å². The standard InChI is InChI=1S/C13H16BrN3O3/c14-8-1-4-11(18)10(7-8)13(19)17(9-2-3-9)6-5-12(15)16-20/h1,4,7,9,18,20H,2-3,5-6H2,(H2,15,16). The van der Waals surface area contributed by atoms with Crippen LogP contribution in [0.3, 0.4) is 0 Å². The number of amides is 1. The second-order valence-corrected chi connectivity index (χ2v) is 5.65. The van der Waals surface area contributed by atoms with Gasteiger partial charge < -0.3 is 20.9 Å². The van der Waals surface area contributed by atoms with Gasteiger partial charge in [0.1, 0.15) is 11.6 Å². The number of amidine groups is 1. The molecule has 4 N–H and O–H groups in total. The number of halogens is 1. The van der Waals surface area contributed by atoms with E-state index in [1.54, 1.807) is 17.0 Å². The first-order valence-electron chi connectivity index (χ1n) is 6.29. The molecule has 2 rings (SSSR count). The van der Waals surface area contributed by atoms with Gasteiger partial charge in [0.2, 0.25) is 0 Å². The lowest BCUT2D eigenvalue weighted by Gasteiger charge is -2.22. The Morgan fingerprint density at radius 2 is 2.20 bits per heavy atom. The van der Waals surface area contributed by atoms with Gasteiger partial charge in [-0.1, -0.05) is 21.1 Å². The fourth-order valence-electron chi connectivity index (χ4n) is 1.96. The third kappa shape index (κ3) is 3.41. The summed E-state index contributed by atoms with van der Waals surface area (Å²) in [5.41, 5.74) is 5.70. The van der Waals surface area contributed by atoms with Gasteiger partial charge in [-0.05, 0) is 31.0 Å². The van der Waals surface area contributed by atoms with Gasteiger partial charge in [-0.2, -0.15) is 0 Å². The lowest BCUT2D eigenvalue weighted by molar-refractivity contribution is 0.0744. The highest BCUT2D eigenvalue weighted by Gasteiger charge is 2.33. The van der Waals surface area contributed by atoms with Gasteiger partial charge in [0.25, 0.3) is 5.91 Å². The number of phenols is 1. The van der Waals surface area contributed by atoms with E-state index in [2.05, 4.69) is 21.1 Å². The number of carbonyl (C=O) groups is 1. The van der Waals surface area contributed by atoms with Gasteiger partial charge in [0.15, 0.2) is 0 Å². The molecule has 0 spiro atoms. The van der Waals surface area contributed by atoms with Gasteiger partial charge in [-0.25, -0.2) is 0 Å². The number of oxime groups is 1. The molecule has 0 heterocycles. The number of hydrogen-bond donors (Lipinski definition) is 3. The highest BCUT2D eigenvalue weighted by Crippen LogP contribution is 2.31. The van der Waals surface area contributed by atoms with E-state index in [-0.39, 0.29) is 29.1 Å². The summed E-state index contributed by atoms with van der Waals surface area (Å²) in [6.07, 6.45) is 2.18. The van der Waals surface area contributed by atoms with Crippen LogP contribution in [0.15, 0.2) is 27.8 Å². The van der Waals surface area contributed by atoms with Gasteiger partial charge >= 0.3 is 0 Å². The molecule has 20 heavy (non-hydrogen) atoms. The summed E-state index contributed by atoms with van der Waals surface area (Å²) in [5.74, 6) is -0.202. The monoisotopic (exact) mass is 341 g/mol. The second-order valence-electron chi connectivity index (χ2n) is 4.73. The number of nitrogens with two attached hydrogens (primary N) is 1. The van der Waals surface area contributed by atoms with Crippen molar-refractivity contribution in [2.45, 2.75) is 25.3 Å². The first kappa shape index (κ1) is 14.6. The Hall–Kier alpha value is -1.76. The number of hydrogen-bond acceptors (Lipinski definition) is 4. The van der Waals surface area contributed by atoms with Crippen LogP contribution in [0, 0.1) is 0 Å². The molecule has 1 fully saturated rings. The number of carbonyl (C=O) groups excluding carboxylic acids is 1. The molecule has 0 bridgehead atoms. The summed E-state index contributed by atoms with van der Waals surface area (Å²) in [6.45, 7) is 0.366. The first-order chi connectivity index (χ1) is 9.52. The highest BCUT2D eigenvalue weighted by atomic mass is 79.9. The summed E-state index contributed by atoms with van der Waals surface area (Å²) in [7, 11) is 0. The Kier molecular flexibility index (Phi) is 4.49. The Morgan fingerprint density at radius 3 is 2.80 bits per heavy atom. The summed E-state index contributed by atoms with van der Waals surface area (Å²) in [6, 6.07) is 4.92. The SMILES string of the molecule is N/C(CCN(C(=O)c1cc(Br)ccc1O)C1CC1)=N/O. The van der Waals surface area contributed by atoms with Crippen LogP contribution in [0.1, 0.15) is 29.6 Å². The topological polar surface area (TPSA) is 99.2 Å². The van der Waals surface area contributed by atoms with E-state index in [1.807, 2.05) is 0 Å². The number of benzene rings is 1. The van der Waals surface area contributed by atoms with Crippen molar-refractivity contribution in [2.75, 3.05) is 6.54 Å². The molecule has 0 unspecified atom stereocenters. The van der Waals surface area contributed by atoms with Crippen LogP contribution in [-0.2, 0) is 0 Å². The number of aromatic hydroxyl groups is 1. The van der Waals surface area contributed by atoms with Crippen molar-refractivity contribution in [3.05, 3.63) is 28.2 Å². The zero-order valence-corrected chi connectivity index (χ0v) is 12.4. The quantitative estimate of drug-likeness (QED) is 0.329. The van der Waals surface area contributed by atoms with E-state index in [4.69, 9.17) is 10.9 Å². The lowest BCUT2D eigenvalue weighted by Crippen LogP contribution is -2.36. The van der Waals surface area contributed by atoms with Crippen molar-refractivity contribution in [3.63, 3.8) is 0 Å². The fourth-order valence-corrected chi connectivity index (χ4v) is 2.32. The maximum atomic E-state index is 12.5. The Balaban J connectivity index is 2.16. The third-order valence-corrected chi connectivity index (χ3v) is 3.67. The van der Waals surface area contributed by atoms with E-state index in [0.717, 1.165) is 17.3 Å². The second kappa shape index (κ2) is 6.13. The van der Waals surface area contributed by atoms with Gasteiger partial charge in [-0.15, -0.1) is 0 Å². The predicted octanol–water partition coefficient (Wildman–Crippen LogP) is 1.90. The summed E-state index contributed by atoms with van der Waals surface area (Å²) in [5, 5.41) is 21.3. The molecule has 7 heteroatoms. The lowest BCUT2D eigenvalue weighted by atomic mass is 10.1. The molecule has 1 saturated carbocycles. The van der Waals surface area contributed by atoms with Crippen LogP contribution in [0.2, 0.25) is 0 Å². The van der Waals surface area contributed by atoms with Crippen LogP contribution in [0.25, 0.3) is 0 Å². The maximum Gasteiger partial charge on any atom is 0.257 e. The molecule has 0 saturated heterocycles. The zero-order chi connectivity index (χ0) is 14.7. The van der Waals surface area contributed by atoms with Gasteiger partial charge in [0.05, 0.1) is 5.56 Å². The number of nitrogens with zero attached hydrogens (tertiary/aromatic N) is 2. The number of rotatable bonds is 5. The normalized spacial score (nSPS) is 15.2. The average molecular weight is 342 g/mol. The van der Waals surface area contributed by atoms with Crippen molar-refractivity contribution in [3.8, 4) is 5.75 Å². The largest absolute Gasteiger partial charge is 0.507 e. The molecular weight excluding hydrogens is 326 g/mol. The molecule has 1 aromatic carbocycles. The Bertz CT molecular complexity index is 544. The molecule has 0 aliphatic heterocycles. The average Bonchev–Trinajstić information content (AvgIpc) is 3.25. The molecule has 0 aromatic heterocycles. The zero-order valence-electron chi connectivity index (χ0n) is 10.8. The predicted molar refractivity (Wildman–Crippen MR) is 77.9 cm³/mol. The first-order valence-corrected chi connectivity index (χ1v) is 7.08. The molecule has 1 aliphatic rings. The van der Waals surface area contributed by atoms with E-state index >= 15 is 0 Å². The van der Waals surface area contributed by atoms with Crippen LogP contribution in [0.4, 0.5) is 0 Å². The maximum absolute atomic E-state index is 12.5. The molecule has 6 nitrogen and oxygen atoms in total. The highest BCUT2D eigenvalue weighted by molar-refractivity contribution is 9.10. The van der Waals surface area contributed by atoms with E-state index < -0.39 is 0 Å². The smallest absolute Gasteiger partial charge is 0.257 e. The van der Waals surface area contributed by atoms with Crippen molar-refractivity contribution >= 4 is 27.7 Å². The minimum atomic E-state index is -0.239. The van der Waals surface area contributed by atoms with E-state index in [9.17, 15) is 9.90 Å². The summed E-state index contributed by atoms with van der Waals surface area (Å²) < 4.78 is 0.728. The van der Waals surface area contributed by atoms with Crippen LogP contribution in [0.5, 0.6) is 5.75 Å². The molecule has 1 amide bonds. The molecule has 1 aliphatic carbocycles. The van der Waals surface area contributed by atoms with E-state index in [1.165, 1.54) is 6.07 Å². The van der Waals surface area contributed by atoms with Crippen molar-refractivity contribution in [2.24, 2.45) is 10.9 Å². The van der Waals surface area contributed by atoms with Crippen LogP contribution in [-0.4, -0.2) is 39.5 Å². The molecule has 1 aromatic rings. The molecule has 108 valence electrons. The Labute approximate surface area is 125 Å². The van der Waals surface area contributed by atoms with E-state index in [0.29, 0.717) is 13.0 Å². The molecule has 0 radical (unpaired) electrons. The van der Waals surface area contributed by atoms with Crippen molar-refractivity contribution < 1.29 is 15.1 Å². The van der Waals surface area contributed by atoms with Gasteiger partial charge in [-0.3, -0.25) is 4.79 Å². The summed E-state index contributed by atoms with van der Waals surface area (Å²) in [4.78, 5) is 14.2. The minimum absolute atomic E-state index is 0.0485. The summed E-state index contributed by atoms with van der Waals surface area (Å²) >= 11 is 3.29. The van der Waals surface area contributed by atoms with Crippen molar-refractivity contribution in [1.29, 1.82) is 0 Å². The van der Waals surface area contributed by atoms with Crippen molar-refractivity contribution in [1.82, 2.24) is 4.90 Å². The minimum Gasteiger partial charge on any atom is -0.507 e. The van der Waals surface area contributed by atoms with Gasteiger partial charge in [0, 0.05) is 23.5 Å². The molecule has 0 atom stereocenters. The molecular formula is C13H16BrN3O3.